The second-order valence-electron chi connectivity index (χ2n) is 13.3. The summed E-state index contributed by atoms with van der Waals surface area (Å²) < 4.78 is 27.2. The van der Waals surface area contributed by atoms with E-state index in [0.717, 1.165) is 12.0 Å². The standard InChI is InChI=1S/C33H58N4O11/c1-20(2)24(15-23-11-12-27(44-9)29(16-23)45-14-10-13-43-8)17-26(34)28(47-32(40)46-22(5)48-37(41)42)18-25(21(3)4)30(38)36-19-33(6,7)31(35)39/h11-12,16,20-22,24-26,28,41-42H,10,13-15,17-19,34H2,1-9H3,(H2,35,39)(H,36,38). The van der Waals surface area contributed by atoms with Crippen molar-refractivity contribution in [3.63, 3.8) is 0 Å². The molecule has 0 fully saturated rings. The lowest BCUT2D eigenvalue weighted by molar-refractivity contribution is -0.519. The van der Waals surface area contributed by atoms with Crippen LogP contribution in [0, 0.1) is 29.1 Å². The topological polar surface area (TPSA) is 214 Å². The maximum Gasteiger partial charge on any atom is 0.510 e. The fourth-order valence-electron chi connectivity index (χ4n) is 4.95. The first-order chi connectivity index (χ1) is 22.4. The Labute approximate surface area is 284 Å². The van der Waals surface area contributed by atoms with Crippen LogP contribution in [0.1, 0.15) is 73.3 Å². The van der Waals surface area contributed by atoms with E-state index in [9.17, 15) is 14.4 Å². The van der Waals surface area contributed by atoms with E-state index in [1.807, 2.05) is 32.0 Å². The zero-order chi connectivity index (χ0) is 36.6. The molecule has 276 valence electrons. The van der Waals surface area contributed by atoms with Gasteiger partial charge in [-0.2, -0.15) is 0 Å². The molecule has 5 atom stereocenters. The van der Waals surface area contributed by atoms with E-state index in [-0.39, 0.29) is 36.6 Å². The van der Waals surface area contributed by atoms with Crippen LogP contribution in [0.2, 0.25) is 0 Å². The fraction of sp³-hybridized carbons (Fsp3) is 0.727. The van der Waals surface area contributed by atoms with Crippen LogP contribution in [-0.4, -0.2) is 86.2 Å². The first-order valence-electron chi connectivity index (χ1n) is 16.2. The summed E-state index contributed by atoms with van der Waals surface area (Å²) in [6.07, 6.45) is -1.75. The third kappa shape index (κ3) is 15.3. The van der Waals surface area contributed by atoms with E-state index in [1.54, 1.807) is 28.1 Å². The number of ether oxygens (including phenoxy) is 5. The van der Waals surface area contributed by atoms with Gasteiger partial charge in [-0.15, -0.1) is 0 Å². The predicted octanol–water partition coefficient (Wildman–Crippen LogP) is 3.81. The molecule has 0 aromatic heterocycles. The first kappa shape index (κ1) is 42.8. The van der Waals surface area contributed by atoms with Crippen LogP contribution in [0.4, 0.5) is 4.79 Å². The Morgan fingerprint density at radius 3 is 2.17 bits per heavy atom. The van der Waals surface area contributed by atoms with Crippen molar-refractivity contribution >= 4 is 18.0 Å². The van der Waals surface area contributed by atoms with Crippen molar-refractivity contribution in [2.75, 3.05) is 34.0 Å². The Morgan fingerprint density at radius 1 is 0.958 bits per heavy atom. The van der Waals surface area contributed by atoms with Gasteiger partial charge in [0.15, 0.2) is 11.5 Å². The van der Waals surface area contributed by atoms with E-state index in [4.69, 9.17) is 45.6 Å². The molecule has 1 rings (SSSR count). The fourth-order valence-corrected chi connectivity index (χ4v) is 4.95. The molecule has 5 unspecified atom stereocenters. The molecule has 0 spiro atoms. The largest absolute Gasteiger partial charge is 0.510 e. The summed E-state index contributed by atoms with van der Waals surface area (Å²) in [5.41, 5.74) is 12.3. The Bertz CT molecular complexity index is 1130. The van der Waals surface area contributed by atoms with Crippen LogP contribution in [0.3, 0.4) is 0 Å². The second-order valence-corrected chi connectivity index (χ2v) is 13.3. The van der Waals surface area contributed by atoms with Crippen LogP contribution >= 0.6 is 0 Å². The third-order valence-electron chi connectivity index (χ3n) is 8.22. The molecule has 0 aliphatic rings. The van der Waals surface area contributed by atoms with Crippen molar-refractivity contribution in [1.82, 2.24) is 10.7 Å². The molecule has 0 saturated heterocycles. The molecule has 2 amide bonds. The number of hydrogen-bond donors (Lipinski definition) is 5. The maximum atomic E-state index is 13.4. The lowest BCUT2D eigenvalue weighted by Crippen LogP contribution is -2.47. The lowest BCUT2D eigenvalue weighted by atomic mass is 9.80. The molecular weight excluding hydrogens is 628 g/mol. The number of nitrogens with zero attached hydrogens (tertiary/aromatic N) is 1. The van der Waals surface area contributed by atoms with E-state index < -0.39 is 47.2 Å². The minimum absolute atomic E-state index is 0.0209. The summed E-state index contributed by atoms with van der Waals surface area (Å²) in [6, 6.07) is 5.03. The zero-order valence-electron chi connectivity index (χ0n) is 29.9. The summed E-state index contributed by atoms with van der Waals surface area (Å²) in [7, 11) is 3.22. The Hall–Kier alpha value is -3.21. The van der Waals surface area contributed by atoms with Crippen molar-refractivity contribution in [2.45, 2.75) is 92.6 Å². The number of primary amides is 1. The Balaban J connectivity index is 3.26. The van der Waals surface area contributed by atoms with Crippen molar-refractivity contribution in [1.29, 1.82) is 0 Å². The number of methoxy groups -OCH3 is 2. The van der Waals surface area contributed by atoms with Crippen molar-refractivity contribution in [3.8, 4) is 11.5 Å². The normalized spacial score (nSPS) is 15.1. The van der Waals surface area contributed by atoms with Gasteiger partial charge < -0.3 is 40.5 Å². The van der Waals surface area contributed by atoms with Gasteiger partial charge in [-0.3, -0.25) is 20.0 Å². The molecule has 0 heterocycles. The number of benzene rings is 1. The highest BCUT2D eigenvalue weighted by Gasteiger charge is 2.35. The van der Waals surface area contributed by atoms with E-state index in [1.165, 1.54) is 6.92 Å². The number of nitrogens with two attached hydrogens (primary N) is 2. The lowest BCUT2D eigenvalue weighted by Gasteiger charge is -2.32. The highest BCUT2D eigenvalue weighted by atomic mass is 17.1. The van der Waals surface area contributed by atoms with Gasteiger partial charge in [0.25, 0.3) is 0 Å². The van der Waals surface area contributed by atoms with Crippen LogP contribution in [0.25, 0.3) is 0 Å². The SMILES string of the molecule is COCCCOc1cc(CC(CC(N)C(CC(C(=O)NCC(C)(C)C(N)=O)C(C)C)OC(=O)OC(C)ON(O)O)C(C)C)ccc1OC. The molecular formula is C33H58N4O11. The molecule has 48 heavy (non-hydrogen) atoms. The molecule has 1 aromatic carbocycles. The van der Waals surface area contributed by atoms with Gasteiger partial charge in [-0.05, 0) is 68.6 Å². The van der Waals surface area contributed by atoms with Gasteiger partial charge in [0, 0.05) is 45.6 Å². The number of carbonyl (C=O) groups excluding carboxylic acids is 3. The predicted molar refractivity (Wildman–Crippen MR) is 176 cm³/mol. The van der Waals surface area contributed by atoms with Crippen LogP contribution in [0.5, 0.6) is 11.5 Å². The molecule has 15 heteroatoms. The molecule has 7 N–H and O–H groups in total. The number of hydrogen-bond acceptors (Lipinski definition) is 13. The summed E-state index contributed by atoms with van der Waals surface area (Å²) >= 11 is 0. The molecule has 15 nitrogen and oxygen atoms in total. The zero-order valence-corrected chi connectivity index (χ0v) is 29.9. The van der Waals surface area contributed by atoms with Gasteiger partial charge in [0.05, 0.1) is 24.5 Å². The van der Waals surface area contributed by atoms with Gasteiger partial charge in [-0.1, -0.05) is 33.8 Å². The Morgan fingerprint density at radius 2 is 1.62 bits per heavy atom. The Kier molecular flexibility index (Phi) is 18.7. The number of rotatable bonds is 23. The van der Waals surface area contributed by atoms with E-state index in [0.29, 0.717) is 37.6 Å². The van der Waals surface area contributed by atoms with E-state index >= 15 is 0 Å². The summed E-state index contributed by atoms with van der Waals surface area (Å²) in [4.78, 5) is 42.5. The van der Waals surface area contributed by atoms with Crippen LogP contribution in [0.15, 0.2) is 18.2 Å². The molecule has 0 bridgehead atoms. The smallest absolute Gasteiger partial charge is 0.493 e. The second kappa shape index (κ2) is 21.0. The van der Waals surface area contributed by atoms with Crippen LogP contribution in [-0.2, 0) is 35.1 Å². The minimum Gasteiger partial charge on any atom is -0.493 e. The molecule has 0 saturated carbocycles. The number of nitrogens with one attached hydrogen (secondary N) is 1. The first-order valence-corrected chi connectivity index (χ1v) is 16.2. The van der Waals surface area contributed by atoms with Crippen LogP contribution < -0.4 is 26.3 Å². The van der Waals surface area contributed by atoms with E-state index in [2.05, 4.69) is 24.0 Å². The van der Waals surface area contributed by atoms with Gasteiger partial charge >= 0.3 is 6.16 Å². The highest BCUT2D eigenvalue weighted by molar-refractivity contribution is 5.83. The quantitative estimate of drug-likeness (QED) is 0.0480. The number of amides is 2. The number of carbonyl (C=O) groups is 3. The highest BCUT2D eigenvalue weighted by Crippen LogP contribution is 2.32. The van der Waals surface area contributed by atoms with Gasteiger partial charge in [-0.25, -0.2) is 9.63 Å². The summed E-state index contributed by atoms with van der Waals surface area (Å²) in [5, 5.41) is 20.0. The van der Waals surface area contributed by atoms with Gasteiger partial charge in [0.1, 0.15) is 6.10 Å². The minimum atomic E-state index is -1.41. The monoisotopic (exact) mass is 686 g/mol. The van der Waals surface area contributed by atoms with Gasteiger partial charge in [0.2, 0.25) is 18.1 Å². The molecule has 1 aromatic rings. The average Bonchev–Trinajstić information content (AvgIpc) is 2.99. The maximum absolute atomic E-state index is 13.4. The van der Waals surface area contributed by atoms with Crippen molar-refractivity contribution < 1.29 is 53.3 Å². The summed E-state index contributed by atoms with van der Waals surface area (Å²) in [5.74, 6) is -0.332. The molecule has 0 aliphatic heterocycles. The van der Waals surface area contributed by atoms with Crippen molar-refractivity contribution in [3.05, 3.63) is 23.8 Å². The molecule has 0 radical (unpaired) electrons. The summed E-state index contributed by atoms with van der Waals surface area (Å²) in [6.45, 7) is 13.4. The molecule has 0 aliphatic carbocycles. The van der Waals surface area contributed by atoms with Crippen molar-refractivity contribution in [2.24, 2.45) is 40.6 Å². The average molecular weight is 687 g/mol. The third-order valence-corrected chi connectivity index (χ3v) is 8.22.